The molecule has 0 aromatic heterocycles. The minimum atomic E-state index is -0.223. The molecule has 0 saturated heterocycles. The van der Waals surface area contributed by atoms with E-state index in [1.165, 1.54) is 44.9 Å². The SMILES string of the molecule is OC1(CCC2CC2)CC2CC1C1CCCC21. The van der Waals surface area contributed by atoms with Crippen LogP contribution in [-0.4, -0.2) is 10.7 Å². The lowest BCUT2D eigenvalue weighted by molar-refractivity contribution is -0.0540. The smallest absolute Gasteiger partial charge is 0.0681 e. The van der Waals surface area contributed by atoms with Crippen LogP contribution in [-0.2, 0) is 0 Å². The van der Waals surface area contributed by atoms with E-state index in [1.807, 2.05) is 0 Å². The Morgan fingerprint density at radius 3 is 2.69 bits per heavy atom. The fourth-order valence-electron chi connectivity index (χ4n) is 5.38. The maximum absolute atomic E-state index is 10.9. The average molecular weight is 220 g/mol. The van der Waals surface area contributed by atoms with Crippen molar-refractivity contribution in [3.63, 3.8) is 0 Å². The van der Waals surface area contributed by atoms with Crippen LogP contribution < -0.4 is 0 Å². The summed E-state index contributed by atoms with van der Waals surface area (Å²) in [5.74, 6) is 4.53. The molecular formula is C15H24O. The number of aliphatic hydroxyl groups is 1. The Morgan fingerprint density at radius 1 is 1.06 bits per heavy atom. The summed E-state index contributed by atoms with van der Waals surface area (Å²) in [5.41, 5.74) is -0.223. The van der Waals surface area contributed by atoms with Crippen molar-refractivity contribution in [3.05, 3.63) is 0 Å². The van der Waals surface area contributed by atoms with Crippen LogP contribution in [0.25, 0.3) is 0 Å². The van der Waals surface area contributed by atoms with Crippen molar-refractivity contribution >= 4 is 0 Å². The maximum atomic E-state index is 10.9. The first-order chi connectivity index (χ1) is 7.76. The molecule has 0 amide bonds. The molecule has 16 heavy (non-hydrogen) atoms. The molecule has 0 aromatic carbocycles. The van der Waals surface area contributed by atoms with E-state index in [4.69, 9.17) is 0 Å². The summed E-state index contributed by atoms with van der Waals surface area (Å²) in [6.07, 6.45) is 12.2. The largest absolute Gasteiger partial charge is 0.390 e. The molecule has 0 aliphatic heterocycles. The lowest BCUT2D eigenvalue weighted by atomic mass is 9.71. The minimum Gasteiger partial charge on any atom is -0.390 e. The van der Waals surface area contributed by atoms with Crippen LogP contribution in [0.1, 0.15) is 57.8 Å². The molecule has 0 heterocycles. The van der Waals surface area contributed by atoms with E-state index in [9.17, 15) is 5.11 Å². The molecule has 4 fully saturated rings. The first-order valence-corrected chi connectivity index (χ1v) is 7.49. The molecule has 2 bridgehead atoms. The van der Waals surface area contributed by atoms with Gasteiger partial charge in [0.2, 0.25) is 0 Å². The summed E-state index contributed by atoms with van der Waals surface area (Å²) in [6, 6.07) is 0. The van der Waals surface area contributed by atoms with Gasteiger partial charge in [-0.15, -0.1) is 0 Å². The highest BCUT2D eigenvalue weighted by Gasteiger charge is 2.59. The fourth-order valence-corrected chi connectivity index (χ4v) is 5.38. The molecule has 4 rings (SSSR count). The summed E-state index contributed by atoms with van der Waals surface area (Å²) in [6.45, 7) is 0. The topological polar surface area (TPSA) is 20.2 Å². The number of hydrogen-bond donors (Lipinski definition) is 1. The van der Waals surface area contributed by atoms with Gasteiger partial charge < -0.3 is 5.11 Å². The van der Waals surface area contributed by atoms with Crippen molar-refractivity contribution in [2.75, 3.05) is 0 Å². The van der Waals surface area contributed by atoms with Gasteiger partial charge in [-0.3, -0.25) is 0 Å². The summed E-state index contributed by atoms with van der Waals surface area (Å²) >= 11 is 0. The van der Waals surface area contributed by atoms with E-state index in [0.717, 1.165) is 36.5 Å². The average Bonchev–Trinajstić information content (AvgIpc) is 2.72. The molecule has 4 saturated carbocycles. The van der Waals surface area contributed by atoms with Crippen molar-refractivity contribution in [2.45, 2.75) is 63.4 Å². The third-order valence-electron chi connectivity index (χ3n) is 6.29. The lowest BCUT2D eigenvalue weighted by Crippen LogP contribution is -2.41. The summed E-state index contributed by atoms with van der Waals surface area (Å²) in [5, 5.41) is 10.9. The van der Waals surface area contributed by atoms with E-state index >= 15 is 0 Å². The summed E-state index contributed by atoms with van der Waals surface area (Å²) in [7, 11) is 0. The minimum absolute atomic E-state index is 0.223. The van der Waals surface area contributed by atoms with Gasteiger partial charge in [-0.1, -0.05) is 19.3 Å². The molecule has 5 atom stereocenters. The quantitative estimate of drug-likeness (QED) is 0.773. The van der Waals surface area contributed by atoms with E-state index in [2.05, 4.69) is 0 Å². The third-order valence-corrected chi connectivity index (χ3v) is 6.29. The molecule has 4 aliphatic rings. The van der Waals surface area contributed by atoms with Gasteiger partial charge in [0.1, 0.15) is 0 Å². The molecule has 5 unspecified atom stereocenters. The van der Waals surface area contributed by atoms with Gasteiger partial charge in [-0.05, 0) is 68.1 Å². The van der Waals surface area contributed by atoms with Gasteiger partial charge in [-0.25, -0.2) is 0 Å². The Morgan fingerprint density at radius 2 is 1.88 bits per heavy atom. The predicted molar refractivity (Wildman–Crippen MR) is 64.0 cm³/mol. The molecular weight excluding hydrogens is 196 g/mol. The zero-order valence-corrected chi connectivity index (χ0v) is 10.2. The Hall–Kier alpha value is -0.0400. The van der Waals surface area contributed by atoms with Gasteiger partial charge in [0, 0.05) is 0 Å². The molecule has 1 N–H and O–H groups in total. The lowest BCUT2D eigenvalue weighted by Gasteiger charge is -2.39. The third kappa shape index (κ3) is 1.33. The van der Waals surface area contributed by atoms with Crippen LogP contribution >= 0.6 is 0 Å². The highest BCUT2D eigenvalue weighted by atomic mass is 16.3. The summed E-state index contributed by atoms with van der Waals surface area (Å²) in [4.78, 5) is 0. The molecule has 90 valence electrons. The van der Waals surface area contributed by atoms with Crippen molar-refractivity contribution < 1.29 is 5.11 Å². The number of hydrogen-bond acceptors (Lipinski definition) is 1. The molecule has 0 spiro atoms. The van der Waals surface area contributed by atoms with Crippen molar-refractivity contribution in [3.8, 4) is 0 Å². The molecule has 4 aliphatic carbocycles. The van der Waals surface area contributed by atoms with Gasteiger partial charge in [0.05, 0.1) is 5.60 Å². The monoisotopic (exact) mass is 220 g/mol. The van der Waals surface area contributed by atoms with Crippen LogP contribution in [0.2, 0.25) is 0 Å². The van der Waals surface area contributed by atoms with Gasteiger partial charge in [0.25, 0.3) is 0 Å². The van der Waals surface area contributed by atoms with E-state index < -0.39 is 0 Å². The van der Waals surface area contributed by atoms with Gasteiger partial charge in [-0.2, -0.15) is 0 Å². The fraction of sp³-hybridized carbons (Fsp3) is 1.00. The van der Waals surface area contributed by atoms with Gasteiger partial charge in [0.15, 0.2) is 0 Å². The van der Waals surface area contributed by atoms with E-state index in [0.29, 0.717) is 5.92 Å². The van der Waals surface area contributed by atoms with Crippen LogP contribution in [0, 0.1) is 29.6 Å². The van der Waals surface area contributed by atoms with Crippen molar-refractivity contribution in [1.82, 2.24) is 0 Å². The summed E-state index contributed by atoms with van der Waals surface area (Å²) < 4.78 is 0. The van der Waals surface area contributed by atoms with Crippen LogP contribution in [0.4, 0.5) is 0 Å². The first-order valence-electron chi connectivity index (χ1n) is 7.49. The van der Waals surface area contributed by atoms with E-state index in [-0.39, 0.29) is 5.60 Å². The molecule has 0 aromatic rings. The Kier molecular flexibility index (Phi) is 2.02. The standard InChI is InChI=1S/C15H24O/c16-15(7-6-10-4-5-10)9-11-8-14(15)13-3-1-2-12(11)13/h10-14,16H,1-9H2. The Balaban J connectivity index is 1.49. The zero-order chi connectivity index (χ0) is 10.8. The van der Waals surface area contributed by atoms with Crippen LogP contribution in [0.5, 0.6) is 0 Å². The van der Waals surface area contributed by atoms with Crippen LogP contribution in [0.3, 0.4) is 0 Å². The second-order valence-electron chi connectivity index (χ2n) is 7.15. The second-order valence-corrected chi connectivity index (χ2v) is 7.15. The maximum Gasteiger partial charge on any atom is 0.0681 e. The van der Waals surface area contributed by atoms with Crippen molar-refractivity contribution in [1.29, 1.82) is 0 Å². The Bertz CT molecular complexity index is 296. The van der Waals surface area contributed by atoms with Crippen molar-refractivity contribution in [2.24, 2.45) is 29.6 Å². The highest BCUT2D eigenvalue weighted by molar-refractivity contribution is 5.10. The normalized spacial score (nSPS) is 54.6. The molecule has 0 radical (unpaired) electrons. The van der Waals surface area contributed by atoms with Crippen LogP contribution in [0.15, 0.2) is 0 Å². The first kappa shape index (κ1) is 9.94. The number of rotatable bonds is 3. The highest BCUT2D eigenvalue weighted by Crippen LogP contribution is 2.63. The Labute approximate surface area is 98.6 Å². The molecule has 1 heteroatoms. The second kappa shape index (κ2) is 3.25. The number of fused-ring (bicyclic) bond motifs is 5. The zero-order valence-electron chi connectivity index (χ0n) is 10.2. The van der Waals surface area contributed by atoms with E-state index in [1.54, 1.807) is 0 Å². The predicted octanol–water partition coefficient (Wildman–Crippen LogP) is 3.36. The van der Waals surface area contributed by atoms with Gasteiger partial charge >= 0.3 is 0 Å². The molecule has 1 nitrogen and oxygen atoms in total.